The van der Waals surface area contributed by atoms with E-state index in [1.54, 1.807) is 12.0 Å². The maximum atomic E-state index is 12.3. The molecule has 1 N–H and O–H groups in total. The van der Waals surface area contributed by atoms with Gasteiger partial charge in [0, 0.05) is 26.7 Å². The molecule has 0 aromatic carbocycles. The molecule has 0 saturated carbocycles. The van der Waals surface area contributed by atoms with E-state index in [0.29, 0.717) is 19.7 Å². The van der Waals surface area contributed by atoms with Crippen molar-refractivity contribution in [2.75, 3.05) is 33.4 Å². The molecule has 1 aromatic heterocycles. The third-order valence-corrected chi connectivity index (χ3v) is 4.27. The highest BCUT2D eigenvalue weighted by Gasteiger charge is 2.28. The summed E-state index contributed by atoms with van der Waals surface area (Å²) < 4.78 is 4.91. The van der Waals surface area contributed by atoms with E-state index in [1.807, 2.05) is 17.5 Å². The number of nitrogens with one attached hydrogen (secondary N) is 1. The Morgan fingerprint density at radius 2 is 2.40 bits per heavy atom. The third-order valence-electron chi connectivity index (χ3n) is 3.42. The Morgan fingerprint density at radius 1 is 1.55 bits per heavy atom. The van der Waals surface area contributed by atoms with Gasteiger partial charge in [-0.2, -0.15) is 0 Å². The standard InChI is InChI=1S/C14H20N2O3S/c1-19-8-6-15-13(17)11-4-2-7-16(10-11)14(18)12-5-3-9-20-12/h3,5,9,11H,2,4,6-8,10H2,1H3,(H,15,17). The summed E-state index contributed by atoms with van der Waals surface area (Å²) in [6.07, 6.45) is 1.71. The van der Waals surface area contributed by atoms with Gasteiger partial charge in [0.2, 0.25) is 5.91 Å². The molecule has 110 valence electrons. The average molecular weight is 296 g/mol. The predicted octanol–water partition coefficient (Wildman–Crippen LogP) is 1.36. The van der Waals surface area contributed by atoms with E-state index in [2.05, 4.69) is 5.32 Å². The van der Waals surface area contributed by atoms with Gasteiger partial charge >= 0.3 is 0 Å². The van der Waals surface area contributed by atoms with Gasteiger partial charge in [-0.3, -0.25) is 9.59 Å². The highest BCUT2D eigenvalue weighted by molar-refractivity contribution is 7.12. The first-order valence-corrected chi connectivity index (χ1v) is 7.69. The van der Waals surface area contributed by atoms with Crippen LogP contribution in [0.4, 0.5) is 0 Å². The van der Waals surface area contributed by atoms with Crippen LogP contribution in [-0.2, 0) is 9.53 Å². The highest BCUT2D eigenvalue weighted by Crippen LogP contribution is 2.20. The topological polar surface area (TPSA) is 58.6 Å². The quantitative estimate of drug-likeness (QED) is 0.835. The summed E-state index contributed by atoms with van der Waals surface area (Å²) in [5.41, 5.74) is 0. The molecule has 0 spiro atoms. The van der Waals surface area contributed by atoms with Crippen LogP contribution in [0.3, 0.4) is 0 Å². The van der Waals surface area contributed by atoms with Gasteiger partial charge in [0.05, 0.1) is 17.4 Å². The van der Waals surface area contributed by atoms with E-state index in [1.165, 1.54) is 11.3 Å². The Balaban J connectivity index is 1.88. The number of hydrogen-bond donors (Lipinski definition) is 1. The lowest BCUT2D eigenvalue weighted by molar-refractivity contribution is -0.126. The summed E-state index contributed by atoms with van der Waals surface area (Å²) in [4.78, 5) is 26.8. The Bertz CT molecular complexity index is 447. The zero-order valence-electron chi connectivity index (χ0n) is 11.6. The highest BCUT2D eigenvalue weighted by atomic mass is 32.1. The maximum Gasteiger partial charge on any atom is 0.263 e. The Kier molecular flexibility index (Phi) is 5.55. The average Bonchev–Trinajstić information content (AvgIpc) is 3.01. The first-order chi connectivity index (χ1) is 9.72. The van der Waals surface area contributed by atoms with Crippen molar-refractivity contribution in [3.05, 3.63) is 22.4 Å². The van der Waals surface area contributed by atoms with Crippen molar-refractivity contribution in [2.45, 2.75) is 12.8 Å². The number of amides is 2. The molecule has 1 aliphatic heterocycles. The lowest BCUT2D eigenvalue weighted by atomic mass is 9.97. The monoisotopic (exact) mass is 296 g/mol. The number of thiophene rings is 1. The second-order valence-corrected chi connectivity index (χ2v) is 5.80. The molecule has 2 rings (SSSR count). The summed E-state index contributed by atoms with van der Waals surface area (Å²) in [6.45, 7) is 2.27. The van der Waals surface area contributed by atoms with Gasteiger partial charge < -0.3 is 15.0 Å². The van der Waals surface area contributed by atoms with Crippen LogP contribution in [0.5, 0.6) is 0 Å². The van der Waals surface area contributed by atoms with E-state index in [-0.39, 0.29) is 17.7 Å². The van der Waals surface area contributed by atoms with Crippen LogP contribution in [0.15, 0.2) is 17.5 Å². The molecule has 0 aliphatic carbocycles. The molecule has 1 atom stereocenters. The Hall–Kier alpha value is -1.40. The van der Waals surface area contributed by atoms with Crippen LogP contribution >= 0.6 is 11.3 Å². The van der Waals surface area contributed by atoms with Gasteiger partial charge in [0.15, 0.2) is 0 Å². The van der Waals surface area contributed by atoms with E-state index >= 15 is 0 Å². The minimum Gasteiger partial charge on any atom is -0.383 e. The number of likely N-dealkylation sites (tertiary alicyclic amines) is 1. The van der Waals surface area contributed by atoms with E-state index in [0.717, 1.165) is 24.3 Å². The molecule has 6 heteroatoms. The second-order valence-electron chi connectivity index (χ2n) is 4.85. The minimum atomic E-state index is -0.107. The Morgan fingerprint density at radius 3 is 3.10 bits per heavy atom. The SMILES string of the molecule is COCCNC(=O)C1CCCN(C(=O)c2cccs2)C1. The number of carbonyl (C=O) groups is 2. The molecule has 5 nitrogen and oxygen atoms in total. The summed E-state index contributed by atoms with van der Waals surface area (Å²) >= 11 is 1.44. The van der Waals surface area contributed by atoms with Crippen LogP contribution < -0.4 is 5.32 Å². The molecule has 1 aliphatic rings. The molecule has 0 bridgehead atoms. The fraction of sp³-hybridized carbons (Fsp3) is 0.571. The van der Waals surface area contributed by atoms with Gasteiger partial charge in [-0.05, 0) is 24.3 Å². The van der Waals surface area contributed by atoms with Crippen molar-refractivity contribution in [1.29, 1.82) is 0 Å². The smallest absolute Gasteiger partial charge is 0.263 e. The second kappa shape index (κ2) is 7.40. The summed E-state index contributed by atoms with van der Waals surface area (Å²) in [6, 6.07) is 3.70. The fourth-order valence-corrected chi connectivity index (χ4v) is 3.04. The van der Waals surface area contributed by atoms with Crippen LogP contribution in [0.1, 0.15) is 22.5 Å². The number of carbonyl (C=O) groups excluding carboxylic acids is 2. The van der Waals surface area contributed by atoms with Crippen molar-refractivity contribution in [3.8, 4) is 0 Å². The molecule has 1 aromatic rings. The first-order valence-electron chi connectivity index (χ1n) is 6.82. The number of hydrogen-bond acceptors (Lipinski definition) is 4. The molecule has 20 heavy (non-hydrogen) atoms. The molecular formula is C14H20N2O3S. The van der Waals surface area contributed by atoms with Crippen molar-refractivity contribution in [1.82, 2.24) is 10.2 Å². The molecule has 2 heterocycles. The zero-order chi connectivity index (χ0) is 14.4. The van der Waals surface area contributed by atoms with Gasteiger partial charge in [0.1, 0.15) is 0 Å². The molecule has 1 fully saturated rings. The third kappa shape index (κ3) is 3.80. The number of ether oxygens (including phenoxy) is 1. The number of piperidine rings is 1. The lowest BCUT2D eigenvalue weighted by Gasteiger charge is -2.31. The number of methoxy groups -OCH3 is 1. The first kappa shape index (κ1) is 15.0. The molecule has 1 unspecified atom stereocenters. The molecule has 0 radical (unpaired) electrons. The zero-order valence-corrected chi connectivity index (χ0v) is 12.4. The van der Waals surface area contributed by atoms with Gasteiger partial charge in [0.25, 0.3) is 5.91 Å². The van der Waals surface area contributed by atoms with Gasteiger partial charge in [-0.15, -0.1) is 11.3 Å². The van der Waals surface area contributed by atoms with Gasteiger partial charge in [-0.25, -0.2) is 0 Å². The van der Waals surface area contributed by atoms with Crippen LogP contribution in [0.25, 0.3) is 0 Å². The van der Waals surface area contributed by atoms with Crippen LogP contribution in [0.2, 0.25) is 0 Å². The molecule has 1 saturated heterocycles. The van der Waals surface area contributed by atoms with E-state index < -0.39 is 0 Å². The fourth-order valence-electron chi connectivity index (χ4n) is 2.35. The van der Waals surface area contributed by atoms with Crippen LogP contribution in [0, 0.1) is 5.92 Å². The largest absolute Gasteiger partial charge is 0.383 e. The molecule has 2 amide bonds. The summed E-state index contributed by atoms with van der Waals surface area (Å²) in [5.74, 6) is -0.0513. The number of nitrogens with zero attached hydrogens (tertiary/aromatic N) is 1. The summed E-state index contributed by atoms with van der Waals surface area (Å²) in [7, 11) is 1.61. The van der Waals surface area contributed by atoms with Crippen LogP contribution in [-0.4, -0.2) is 50.1 Å². The van der Waals surface area contributed by atoms with Crippen molar-refractivity contribution >= 4 is 23.2 Å². The number of rotatable bonds is 5. The van der Waals surface area contributed by atoms with E-state index in [9.17, 15) is 9.59 Å². The van der Waals surface area contributed by atoms with Crippen molar-refractivity contribution in [3.63, 3.8) is 0 Å². The van der Waals surface area contributed by atoms with E-state index in [4.69, 9.17) is 4.74 Å². The predicted molar refractivity (Wildman–Crippen MR) is 77.8 cm³/mol. The molecular weight excluding hydrogens is 276 g/mol. The van der Waals surface area contributed by atoms with Crippen molar-refractivity contribution in [2.24, 2.45) is 5.92 Å². The Labute approximate surface area is 122 Å². The van der Waals surface area contributed by atoms with Crippen molar-refractivity contribution < 1.29 is 14.3 Å². The normalized spacial score (nSPS) is 18.9. The lowest BCUT2D eigenvalue weighted by Crippen LogP contribution is -2.45. The summed E-state index contributed by atoms with van der Waals surface area (Å²) in [5, 5.41) is 4.74. The minimum absolute atomic E-state index is 0.0192. The maximum absolute atomic E-state index is 12.3. The van der Waals surface area contributed by atoms with Gasteiger partial charge in [-0.1, -0.05) is 6.07 Å².